The van der Waals surface area contributed by atoms with Crippen molar-refractivity contribution in [2.45, 2.75) is 155 Å². The predicted molar refractivity (Wildman–Crippen MR) is 164 cm³/mol. The van der Waals surface area contributed by atoms with Gasteiger partial charge in [-0.15, -0.1) is 0 Å². The third-order valence-electron chi connectivity index (χ3n) is 8.45. The Bertz CT molecular complexity index is 822. The van der Waals surface area contributed by atoms with Gasteiger partial charge in [0.05, 0.1) is 0 Å². The molecule has 0 radical (unpaired) electrons. The lowest BCUT2D eigenvalue weighted by Gasteiger charge is -2.32. The number of unbranched alkanes of at least 4 members (excludes halogenated alkanes) is 14. The van der Waals surface area contributed by atoms with Gasteiger partial charge in [0.25, 0.3) is 0 Å². The van der Waals surface area contributed by atoms with E-state index in [9.17, 15) is 5.11 Å². The average Bonchev–Trinajstić information content (AvgIpc) is 2.90. The maximum absolute atomic E-state index is 11.2. The van der Waals surface area contributed by atoms with Crippen molar-refractivity contribution in [2.75, 3.05) is 0 Å². The van der Waals surface area contributed by atoms with E-state index >= 15 is 0 Å². The molecule has 37 heavy (non-hydrogen) atoms. The van der Waals surface area contributed by atoms with Crippen LogP contribution < -0.4 is 0 Å². The highest BCUT2D eigenvalue weighted by molar-refractivity contribution is 5.51. The Balaban J connectivity index is 2.07. The normalized spacial score (nSPS) is 12.6. The molecule has 0 aromatic heterocycles. The Morgan fingerprint density at radius 1 is 0.568 bits per heavy atom. The summed E-state index contributed by atoms with van der Waals surface area (Å²) < 4.78 is 0. The van der Waals surface area contributed by atoms with Crippen molar-refractivity contribution in [3.8, 4) is 5.75 Å². The van der Waals surface area contributed by atoms with Gasteiger partial charge < -0.3 is 5.11 Å². The van der Waals surface area contributed by atoms with E-state index in [-0.39, 0.29) is 5.41 Å². The van der Waals surface area contributed by atoms with Crippen LogP contribution >= 0.6 is 0 Å². The first kappa shape index (κ1) is 31.5. The van der Waals surface area contributed by atoms with Crippen molar-refractivity contribution in [3.05, 3.63) is 65.2 Å². The summed E-state index contributed by atoms with van der Waals surface area (Å²) in [4.78, 5) is 0. The lowest BCUT2D eigenvalue weighted by molar-refractivity contribution is 0.439. The highest BCUT2D eigenvalue weighted by atomic mass is 16.3. The molecule has 0 aliphatic rings. The van der Waals surface area contributed by atoms with Crippen molar-refractivity contribution in [3.63, 3.8) is 0 Å². The number of phenolic OH excluding ortho intramolecular Hbond substituents is 1. The number of benzene rings is 2. The topological polar surface area (TPSA) is 20.2 Å². The second-order valence-electron chi connectivity index (χ2n) is 12.0. The van der Waals surface area contributed by atoms with Gasteiger partial charge in [-0.2, -0.15) is 0 Å². The second kappa shape index (κ2) is 18.5. The van der Waals surface area contributed by atoms with Crippen molar-refractivity contribution >= 4 is 0 Å². The first-order valence-electron chi connectivity index (χ1n) is 15.9. The Labute approximate surface area is 230 Å². The predicted octanol–water partition coefficient (Wildman–Crippen LogP) is 11.9. The molecule has 0 amide bonds. The zero-order valence-corrected chi connectivity index (χ0v) is 24.9. The fourth-order valence-electron chi connectivity index (χ4n) is 6.08. The van der Waals surface area contributed by atoms with Crippen LogP contribution in [0, 0.1) is 0 Å². The summed E-state index contributed by atoms with van der Waals surface area (Å²) in [7, 11) is 0. The van der Waals surface area contributed by atoms with Crippen LogP contribution in [0.1, 0.15) is 166 Å². The van der Waals surface area contributed by atoms with Crippen molar-refractivity contribution in [1.29, 1.82) is 0 Å². The summed E-state index contributed by atoms with van der Waals surface area (Å²) in [5, 5.41) is 11.2. The molecule has 208 valence electrons. The van der Waals surface area contributed by atoms with Crippen molar-refractivity contribution < 1.29 is 5.11 Å². The average molecular weight is 507 g/mol. The van der Waals surface area contributed by atoms with Gasteiger partial charge in [0.1, 0.15) is 5.75 Å². The van der Waals surface area contributed by atoms with Gasteiger partial charge in [-0.1, -0.05) is 173 Å². The molecule has 0 heterocycles. The summed E-state index contributed by atoms with van der Waals surface area (Å²) in [6.07, 6.45) is 24.3. The Morgan fingerprint density at radius 3 is 1.51 bits per heavy atom. The van der Waals surface area contributed by atoms with Crippen LogP contribution in [-0.4, -0.2) is 5.11 Å². The summed E-state index contributed by atoms with van der Waals surface area (Å²) in [5.41, 5.74) is 3.58. The number of phenols is 1. The summed E-state index contributed by atoms with van der Waals surface area (Å²) in [6, 6.07) is 17.0. The van der Waals surface area contributed by atoms with E-state index in [0.29, 0.717) is 11.7 Å². The molecule has 1 atom stereocenters. The van der Waals surface area contributed by atoms with Crippen LogP contribution in [0.4, 0.5) is 0 Å². The minimum absolute atomic E-state index is 0.223. The van der Waals surface area contributed by atoms with Gasteiger partial charge in [-0.3, -0.25) is 0 Å². The number of hydrogen-bond acceptors (Lipinski definition) is 1. The summed E-state index contributed by atoms with van der Waals surface area (Å²) in [5.74, 6) is 0.994. The van der Waals surface area contributed by atoms with E-state index in [0.717, 1.165) is 5.56 Å². The lowest BCUT2D eigenvalue weighted by Crippen LogP contribution is -2.22. The van der Waals surface area contributed by atoms with Crippen LogP contribution in [0.3, 0.4) is 0 Å². The molecule has 1 heteroatoms. The molecule has 0 aliphatic carbocycles. The first-order chi connectivity index (χ1) is 18.0. The Hall–Kier alpha value is -1.76. The van der Waals surface area contributed by atoms with E-state index in [1.807, 2.05) is 6.07 Å². The fraction of sp³-hybridized carbons (Fsp3) is 0.667. The molecule has 2 rings (SSSR count). The van der Waals surface area contributed by atoms with Gasteiger partial charge in [0, 0.05) is 11.0 Å². The standard InChI is InChI=1S/C36H58O/c1-5-7-9-11-13-14-16-18-21-26-31(25-20-17-15-12-10-8-6-2)33-29-24-30-34(37)35(33)36(3,4)32-27-22-19-23-28-32/h19,22-24,27-31,37H,5-18,20-21,25-26H2,1-4H3. The number of rotatable bonds is 21. The minimum Gasteiger partial charge on any atom is -0.508 e. The Kier molecular flexibility index (Phi) is 15.7. The zero-order valence-electron chi connectivity index (χ0n) is 24.9. The Morgan fingerprint density at radius 2 is 1.03 bits per heavy atom. The molecule has 2 aromatic carbocycles. The molecular formula is C36H58O. The molecule has 1 nitrogen and oxygen atoms in total. The molecule has 0 aliphatic heterocycles. The second-order valence-corrected chi connectivity index (χ2v) is 12.0. The maximum atomic E-state index is 11.2. The maximum Gasteiger partial charge on any atom is 0.119 e. The monoisotopic (exact) mass is 506 g/mol. The quantitative estimate of drug-likeness (QED) is 0.167. The smallest absolute Gasteiger partial charge is 0.119 e. The molecule has 1 unspecified atom stereocenters. The highest BCUT2D eigenvalue weighted by Gasteiger charge is 2.31. The molecule has 1 N–H and O–H groups in total. The first-order valence-corrected chi connectivity index (χ1v) is 15.9. The molecule has 0 saturated heterocycles. The van der Waals surface area contributed by atoms with Crippen LogP contribution in [-0.2, 0) is 5.41 Å². The molecule has 0 saturated carbocycles. The van der Waals surface area contributed by atoms with Crippen LogP contribution in [0.25, 0.3) is 0 Å². The van der Waals surface area contributed by atoms with E-state index in [1.165, 1.54) is 127 Å². The van der Waals surface area contributed by atoms with Crippen molar-refractivity contribution in [2.24, 2.45) is 0 Å². The zero-order chi connectivity index (χ0) is 26.8. The highest BCUT2D eigenvalue weighted by Crippen LogP contribution is 2.43. The van der Waals surface area contributed by atoms with Crippen LogP contribution in [0.5, 0.6) is 5.75 Å². The molecular weight excluding hydrogens is 448 g/mol. The SMILES string of the molecule is CCCCCCCCCCCC(CCCCCCCCC)c1cccc(O)c1C(C)(C)c1ccccc1. The van der Waals surface area contributed by atoms with Gasteiger partial charge in [-0.25, -0.2) is 0 Å². The van der Waals surface area contributed by atoms with Gasteiger partial charge in [0.2, 0.25) is 0 Å². The van der Waals surface area contributed by atoms with Gasteiger partial charge >= 0.3 is 0 Å². The third kappa shape index (κ3) is 11.3. The molecule has 2 aromatic rings. The third-order valence-corrected chi connectivity index (χ3v) is 8.45. The van der Waals surface area contributed by atoms with Gasteiger partial charge in [0.15, 0.2) is 0 Å². The fourth-order valence-corrected chi connectivity index (χ4v) is 6.08. The summed E-state index contributed by atoms with van der Waals surface area (Å²) >= 11 is 0. The molecule has 0 fully saturated rings. The van der Waals surface area contributed by atoms with E-state index in [1.54, 1.807) is 0 Å². The largest absolute Gasteiger partial charge is 0.508 e. The number of hydrogen-bond donors (Lipinski definition) is 1. The van der Waals surface area contributed by atoms with Gasteiger partial charge in [-0.05, 0) is 36.0 Å². The molecule has 0 spiro atoms. The van der Waals surface area contributed by atoms with Crippen LogP contribution in [0.2, 0.25) is 0 Å². The van der Waals surface area contributed by atoms with E-state index in [4.69, 9.17) is 0 Å². The molecule has 0 bridgehead atoms. The lowest BCUT2D eigenvalue weighted by atomic mass is 9.72. The van der Waals surface area contributed by atoms with Crippen molar-refractivity contribution in [1.82, 2.24) is 0 Å². The van der Waals surface area contributed by atoms with E-state index in [2.05, 4.69) is 70.2 Å². The summed E-state index contributed by atoms with van der Waals surface area (Å²) in [6.45, 7) is 9.15. The van der Waals surface area contributed by atoms with Crippen LogP contribution in [0.15, 0.2) is 48.5 Å². The minimum atomic E-state index is -0.223. The number of aromatic hydroxyl groups is 1. The van der Waals surface area contributed by atoms with E-state index < -0.39 is 0 Å².